The normalized spacial score (nSPS) is 24.2. The number of nitrogens with one attached hydrogen (secondary N) is 1. The van der Waals surface area contributed by atoms with Crippen molar-refractivity contribution < 1.29 is 4.79 Å². The number of likely N-dealkylation sites (tertiary alicyclic amines) is 1. The topological polar surface area (TPSA) is 66.4 Å². The standard InChI is InChI=1S/C15H21N5O/c1-18-4-6-19(7-5-18)13-2-3-20(11-13)15(21)14-8-12(9-16)10-17-14/h8,10,13,17H,2-7,11H2,1H3/t13-/m1/s1. The zero-order valence-corrected chi connectivity index (χ0v) is 12.4. The molecule has 112 valence electrons. The highest BCUT2D eigenvalue weighted by Crippen LogP contribution is 2.19. The predicted molar refractivity (Wildman–Crippen MR) is 78.9 cm³/mol. The van der Waals surface area contributed by atoms with Crippen LogP contribution in [0.5, 0.6) is 0 Å². The Morgan fingerprint density at radius 3 is 2.76 bits per heavy atom. The quantitative estimate of drug-likeness (QED) is 0.852. The first-order chi connectivity index (χ1) is 10.2. The molecule has 6 heteroatoms. The van der Waals surface area contributed by atoms with Crippen molar-refractivity contribution in [1.29, 1.82) is 5.26 Å². The number of H-pyrrole nitrogens is 1. The maximum Gasteiger partial charge on any atom is 0.270 e. The van der Waals surface area contributed by atoms with Crippen molar-refractivity contribution in [2.24, 2.45) is 0 Å². The minimum Gasteiger partial charge on any atom is -0.356 e. The molecule has 1 atom stereocenters. The van der Waals surface area contributed by atoms with Crippen LogP contribution < -0.4 is 0 Å². The maximum atomic E-state index is 12.4. The summed E-state index contributed by atoms with van der Waals surface area (Å²) in [5.74, 6) is 0.00753. The maximum absolute atomic E-state index is 12.4. The van der Waals surface area contributed by atoms with Gasteiger partial charge in [0.2, 0.25) is 0 Å². The van der Waals surface area contributed by atoms with Crippen LogP contribution in [0.2, 0.25) is 0 Å². The summed E-state index contributed by atoms with van der Waals surface area (Å²) in [5.41, 5.74) is 1.03. The number of likely N-dealkylation sites (N-methyl/N-ethyl adjacent to an activating group) is 1. The van der Waals surface area contributed by atoms with Crippen LogP contribution in [-0.4, -0.2) is 77.9 Å². The van der Waals surface area contributed by atoms with Crippen molar-refractivity contribution in [3.8, 4) is 6.07 Å². The Morgan fingerprint density at radius 1 is 1.33 bits per heavy atom. The van der Waals surface area contributed by atoms with Crippen molar-refractivity contribution >= 4 is 5.91 Å². The number of rotatable bonds is 2. The lowest BCUT2D eigenvalue weighted by Gasteiger charge is -2.36. The van der Waals surface area contributed by atoms with Gasteiger partial charge in [-0.25, -0.2) is 0 Å². The molecule has 1 N–H and O–H groups in total. The number of carbonyl (C=O) groups is 1. The molecule has 0 spiro atoms. The zero-order valence-electron chi connectivity index (χ0n) is 12.4. The minimum atomic E-state index is 0.00753. The van der Waals surface area contributed by atoms with Crippen molar-refractivity contribution in [3.63, 3.8) is 0 Å². The number of hydrogen-bond donors (Lipinski definition) is 1. The molecule has 0 aromatic carbocycles. The first-order valence-electron chi connectivity index (χ1n) is 7.48. The van der Waals surface area contributed by atoms with Crippen LogP contribution in [0, 0.1) is 11.3 Å². The molecule has 3 rings (SSSR count). The molecule has 0 unspecified atom stereocenters. The lowest BCUT2D eigenvalue weighted by molar-refractivity contribution is 0.0750. The Bertz CT molecular complexity index is 553. The van der Waals surface area contributed by atoms with E-state index >= 15 is 0 Å². The van der Waals surface area contributed by atoms with E-state index in [1.54, 1.807) is 12.3 Å². The molecular weight excluding hydrogens is 266 g/mol. The third kappa shape index (κ3) is 2.94. The molecule has 21 heavy (non-hydrogen) atoms. The molecule has 0 radical (unpaired) electrons. The second kappa shape index (κ2) is 5.88. The molecule has 1 aromatic rings. The van der Waals surface area contributed by atoms with Crippen molar-refractivity contribution in [1.82, 2.24) is 19.7 Å². The van der Waals surface area contributed by atoms with E-state index in [9.17, 15) is 4.79 Å². The lowest BCUT2D eigenvalue weighted by atomic mass is 10.2. The monoisotopic (exact) mass is 287 g/mol. The van der Waals surface area contributed by atoms with E-state index in [0.717, 1.165) is 45.7 Å². The zero-order chi connectivity index (χ0) is 14.8. The molecule has 2 saturated heterocycles. The molecule has 6 nitrogen and oxygen atoms in total. The fraction of sp³-hybridized carbons (Fsp3) is 0.600. The molecule has 2 aliphatic heterocycles. The van der Waals surface area contributed by atoms with Crippen LogP contribution in [0.4, 0.5) is 0 Å². The Labute approximate surface area is 124 Å². The lowest BCUT2D eigenvalue weighted by Crippen LogP contribution is -2.50. The van der Waals surface area contributed by atoms with E-state index in [4.69, 9.17) is 5.26 Å². The smallest absolute Gasteiger partial charge is 0.270 e. The van der Waals surface area contributed by atoms with Gasteiger partial charge < -0.3 is 14.8 Å². The largest absolute Gasteiger partial charge is 0.356 e. The summed E-state index contributed by atoms with van der Waals surface area (Å²) >= 11 is 0. The molecular formula is C15H21N5O. The Morgan fingerprint density at radius 2 is 2.10 bits per heavy atom. The highest BCUT2D eigenvalue weighted by atomic mass is 16.2. The van der Waals surface area contributed by atoms with Gasteiger partial charge in [0.05, 0.1) is 5.56 Å². The van der Waals surface area contributed by atoms with Gasteiger partial charge in [0.25, 0.3) is 5.91 Å². The highest BCUT2D eigenvalue weighted by molar-refractivity contribution is 5.93. The number of nitrogens with zero attached hydrogens (tertiary/aromatic N) is 4. The number of carbonyl (C=O) groups excluding carboxylic acids is 1. The van der Waals surface area contributed by atoms with Gasteiger partial charge in [0, 0.05) is 51.5 Å². The molecule has 0 bridgehead atoms. The number of nitriles is 1. The van der Waals surface area contributed by atoms with Gasteiger partial charge in [0.15, 0.2) is 0 Å². The molecule has 0 aliphatic carbocycles. The number of piperazine rings is 1. The molecule has 3 heterocycles. The van der Waals surface area contributed by atoms with Crippen LogP contribution >= 0.6 is 0 Å². The van der Waals surface area contributed by atoms with E-state index in [1.807, 2.05) is 11.0 Å². The first kappa shape index (κ1) is 14.1. The molecule has 2 fully saturated rings. The van der Waals surface area contributed by atoms with Gasteiger partial charge in [-0.15, -0.1) is 0 Å². The number of aromatic amines is 1. The van der Waals surface area contributed by atoms with Crippen molar-refractivity contribution in [2.75, 3.05) is 46.3 Å². The van der Waals surface area contributed by atoms with E-state index in [0.29, 0.717) is 17.3 Å². The van der Waals surface area contributed by atoms with Gasteiger partial charge in [0.1, 0.15) is 11.8 Å². The van der Waals surface area contributed by atoms with E-state index in [-0.39, 0.29) is 5.91 Å². The first-order valence-corrected chi connectivity index (χ1v) is 7.48. The third-order valence-electron chi connectivity index (χ3n) is 4.55. The summed E-state index contributed by atoms with van der Waals surface area (Å²) in [7, 11) is 2.15. The molecule has 1 amide bonds. The Kier molecular flexibility index (Phi) is 3.95. The van der Waals surface area contributed by atoms with Crippen LogP contribution in [0.3, 0.4) is 0 Å². The summed E-state index contributed by atoms with van der Waals surface area (Å²) in [6.07, 6.45) is 2.63. The number of hydrogen-bond acceptors (Lipinski definition) is 4. The summed E-state index contributed by atoms with van der Waals surface area (Å²) in [6, 6.07) is 4.15. The van der Waals surface area contributed by atoms with Crippen LogP contribution in [-0.2, 0) is 0 Å². The molecule has 0 saturated carbocycles. The SMILES string of the molecule is CN1CCN([C@@H]2CCN(C(=O)c3cc(C#N)c[nH]3)C2)CC1. The van der Waals surface area contributed by atoms with E-state index in [2.05, 4.69) is 21.8 Å². The summed E-state index contributed by atoms with van der Waals surface area (Å²) in [5, 5.41) is 8.83. The molecule has 2 aliphatic rings. The molecule has 1 aromatic heterocycles. The van der Waals surface area contributed by atoms with Crippen LogP contribution in [0.15, 0.2) is 12.3 Å². The second-order valence-corrected chi connectivity index (χ2v) is 5.95. The van der Waals surface area contributed by atoms with Gasteiger partial charge in [-0.3, -0.25) is 9.69 Å². The summed E-state index contributed by atoms with van der Waals surface area (Å²) in [6.45, 7) is 5.98. The van der Waals surface area contributed by atoms with Crippen molar-refractivity contribution in [3.05, 3.63) is 23.5 Å². The Hall–Kier alpha value is -1.84. The summed E-state index contributed by atoms with van der Waals surface area (Å²) in [4.78, 5) is 22.1. The Balaban J connectivity index is 1.59. The van der Waals surface area contributed by atoms with Gasteiger partial charge in [-0.1, -0.05) is 0 Å². The van der Waals surface area contributed by atoms with E-state index in [1.165, 1.54) is 0 Å². The van der Waals surface area contributed by atoms with Crippen molar-refractivity contribution in [2.45, 2.75) is 12.5 Å². The fourth-order valence-electron chi connectivity index (χ4n) is 3.16. The number of amides is 1. The average molecular weight is 287 g/mol. The van der Waals surface area contributed by atoms with Gasteiger partial charge in [-0.05, 0) is 19.5 Å². The fourth-order valence-corrected chi connectivity index (χ4v) is 3.16. The summed E-state index contributed by atoms with van der Waals surface area (Å²) < 4.78 is 0. The van der Waals surface area contributed by atoms with Gasteiger partial charge in [-0.2, -0.15) is 5.26 Å². The second-order valence-electron chi connectivity index (χ2n) is 5.95. The third-order valence-corrected chi connectivity index (χ3v) is 4.55. The van der Waals surface area contributed by atoms with Gasteiger partial charge >= 0.3 is 0 Å². The highest BCUT2D eigenvalue weighted by Gasteiger charge is 2.32. The predicted octanol–water partition coefficient (Wildman–Crippen LogP) is 0.348. The average Bonchev–Trinajstić information content (AvgIpc) is 3.16. The van der Waals surface area contributed by atoms with E-state index < -0.39 is 0 Å². The minimum absolute atomic E-state index is 0.00753. The van der Waals surface area contributed by atoms with Crippen LogP contribution in [0.25, 0.3) is 0 Å². The van der Waals surface area contributed by atoms with Crippen LogP contribution in [0.1, 0.15) is 22.5 Å². The number of aromatic nitrogens is 1.